The highest BCUT2D eigenvalue weighted by Crippen LogP contribution is 2.45. The Morgan fingerprint density at radius 2 is 1.48 bits per heavy atom. The largest absolute Gasteiger partial charge is 0.465 e. The molecule has 2 aromatic carbocycles. The van der Waals surface area contributed by atoms with Crippen molar-refractivity contribution >= 4 is 35.3 Å². The first-order valence-electron chi connectivity index (χ1n) is 12.8. The number of alkyl halides is 6. The molecule has 6 nitrogen and oxygen atoms in total. The van der Waals surface area contributed by atoms with Gasteiger partial charge in [0.25, 0.3) is 0 Å². The SMILES string of the molecule is CN(Cc1cc(C(F)(F)F)cc(C(F)(F)F)c1)C(=O)N(C)[C@@H]1CCN(C(=O)O)C(C(C)(C)C)[C@@H]1c1ccc(Cl)c(Cl)c1. The minimum atomic E-state index is -5.03. The van der Waals surface area contributed by atoms with Crippen molar-refractivity contribution < 1.29 is 41.0 Å². The van der Waals surface area contributed by atoms with E-state index in [1.165, 1.54) is 23.9 Å². The summed E-state index contributed by atoms with van der Waals surface area (Å²) >= 11 is 12.4. The average Bonchev–Trinajstić information content (AvgIpc) is 2.86. The normalized spacial score (nSPS) is 19.9. The summed E-state index contributed by atoms with van der Waals surface area (Å²) in [6, 6.07) is 4.14. The van der Waals surface area contributed by atoms with Gasteiger partial charge < -0.3 is 19.8 Å². The number of likely N-dealkylation sites (N-methyl/N-ethyl adjacent to an activating group) is 1. The number of amides is 3. The summed E-state index contributed by atoms with van der Waals surface area (Å²) in [5.41, 5.74) is -3.30. The third-order valence-electron chi connectivity index (χ3n) is 7.41. The van der Waals surface area contributed by atoms with E-state index in [9.17, 15) is 41.0 Å². The fraction of sp³-hybridized carbons (Fsp3) is 0.500. The van der Waals surface area contributed by atoms with Crippen LogP contribution in [0.25, 0.3) is 0 Å². The fourth-order valence-electron chi connectivity index (χ4n) is 5.64. The van der Waals surface area contributed by atoms with E-state index in [0.717, 1.165) is 4.90 Å². The van der Waals surface area contributed by atoms with Crippen LogP contribution in [-0.2, 0) is 18.9 Å². The van der Waals surface area contributed by atoms with Crippen LogP contribution in [0, 0.1) is 5.41 Å². The quantitative estimate of drug-likeness (QED) is 0.341. The molecule has 3 rings (SSSR count). The zero-order valence-electron chi connectivity index (χ0n) is 23.4. The van der Waals surface area contributed by atoms with Crippen LogP contribution in [0.2, 0.25) is 10.0 Å². The molecule has 1 heterocycles. The molecule has 42 heavy (non-hydrogen) atoms. The number of urea groups is 1. The Bertz CT molecular complexity index is 1300. The minimum Gasteiger partial charge on any atom is -0.465 e. The molecule has 1 aliphatic heterocycles. The second kappa shape index (κ2) is 12.0. The molecule has 3 amide bonds. The zero-order chi connectivity index (χ0) is 31.9. The lowest BCUT2D eigenvalue weighted by Gasteiger charge is -2.52. The number of carbonyl (C=O) groups excluding carboxylic acids is 1. The van der Waals surface area contributed by atoms with Crippen LogP contribution in [0.5, 0.6) is 0 Å². The smallest absolute Gasteiger partial charge is 0.416 e. The van der Waals surface area contributed by atoms with Crippen molar-refractivity contribution in [1.29, 1.82) is 0 Å². The molecular weight excluding hydrogens is 611 g/mol. The van der Waals surface area contributed by atoms with Crippen molar-refractivity contribution in [1.82, 2.24) is 14.7 Å². The summed E-state index contributed by atoms with van der Waals surface area (Å²) in [6.45, 7) is 5.13. The molecule has 0 radical (unpaired) electrons. The number of halogens is 8. The fourth-order valence-corrected chi connectivity index (χ4v) is 5.94. The van der Waals surface area contributed by atoms with Crippen molar-refractivity contribution in [3.8, 4) is 0 Å². The van der Waals surface area contributed by atoms with Crippen LogP contribution in [0.3, 0.4) is 0 Å². The van der Waals surface area contributed by atoms with Gasteiger partial charge in [-0.3, -0.25) is 0 Å². The third-order valence-corrected chi connectivity index (χ3v) is 8.15. The number of benzene rings is 2. The first-order valence-corrected chi connectivity index (χ1v) is 13.6. The third kappa shape index (κ3) is 7.37. The van der Waals surface area contributed by atoms with Gasteiger partial charge in [0.15, 0.2) is 0 Å². The standard InChI is InChI=1S/C28H31Cl2F6N3O3/c1-26(2,3)23-22(16-6-7-19(29)20(30)12-16)21(8-9-39(23)25(41)42)38(5)24(40)37(4)14-15-10-17(27(31,32)33)13-18(11-15)28(34,35)36/h6-7,10-13,21-23H,8-9,14H2,1-5H3,(H,41,42)/t21-,22-,23?/m1/s1. The number of carbonyl (C=O) groups is 2. The molecule has 0 spiro atoms. The number of piperidine rings is 1. The van der Waals surface area contributed by atoms with E-state index in [2.05, 4.69) is 0 Å². The summed E-state index contributed by atoms with van der Waals surface area (Å²) in [4.78, 5) is 29.6. The molecular formula is C28H31Cl2F6N3O3. The van der Waals surface area contributed by atoms with E-state index in [-0.39, 0.29) is 34.6 Å². The first-order chi connectivity index (χ1) is 19.1. The average molecular weight is 642 g/mol. The maximum atomic E-state index is 13.6. The number of hydrogen-bond acceptors (Lipinski definition) is 2. The van der Waals surface area contributed by atoms with Gasteiger partial charge in [0, 0.05) is 45.2 Å². The highest BCUT2D eigenvalue weighted by molar-refractivity contribution is 6.42. The Balaban J connectivity index is 2.01. The monoisotopic (exact) mass is 641 g/mol. The summed E-state index contributed by atoms with van der Waals surface area (Å²) in [6.07, 6.45) is -11.0. The van der Waals surface area contributed by atoms with E-state index in [1.807, 2.05) is 20.8 Å². The van der Waals surface area contributed by atoms with E-state index in [0.29, 0.717) is 17.7 Å². The van der Waals surface area contributed by atoms with Gasteiger partial charge in [-0.2, -0.15) is 26.3 Å². The van der Waals surface area contributed by atoms with Crippen LogP contribution in [0.15, 0.2) is 36.4 Å². The lowest BCUT2D eigenvalue weighted by molar-refractivity contribution is -0.143. The Kier molecular flexibility index (Phi) is 9.63. The van der Waals surface area contributed by atoms with Crippen LogP contribution in [-0.4, -0.2) is 64.7 Å². The second-order valence-corrected chi connectivity index (χ2v) is 12.3. The van der Waals surface area contributed by atoms with E-state index in [1.54, 1.807) is 18.2 Å². The number of likely N-dealkylation sites (tertiary alicyclic amines) is 1. The van der Waals surface area contributed by atoms with Crippen molar-refractivity contribution in [3.63, 3.8) is 0 Å². The highest BCUT2D eigenvalue weighted by Gasteiger charge is 2.49. The van der Waals surface area contributed by atoms with Crippen molar-refractivity contribution in [2.75, 3.05) is 20.6 Å². The molecule has 1 aliphatic rings. The molecule has 232 valence electrons. The Labute approximate surface area is 249 Å². The van der Waals surface area contributed by atoms with Gasteiger partial charge in [0.2, 0.25) is 0 Å². The predicted octanol–water partition coefficient (Wildman–Crippen LogP) is 8.47. The highest BCUT2D eigenvalue weighted by atomic mass is 35.5. The number of carboxylic acid groups (broad SMARTS) is 1. The molecule has 0 aromatic heterocycles. The molecule has 1 fully saturated rings. The predicted molar refractivity (Wildman–Crippen MR) is 147 cm³/mol. The number of nitrogens with zero attached hydrogens (tertiary/aromatic N) is 3. The van der Waals surface area contributed by atoms with Gasteiger partial charge in [0.05, 0.1) is 21.2 Å². The van der Waals surface area contributed by atoms with Crippen LogP contribution >= 0.6 is 23.2 Å². The Hall–Kier alpha value is -2.86. The molecule has 0 aliphatic carbocycles. The molecule has 0 bridgehead atoms. The van der Waals surface area contributed by atoms with Crippen LogP contribution in [0.1, 0.15) is 55.4 Å². The van der Waals surface area contributed by atoms with Crippen molar-refractivity contribution in [2.45, 2.75) is 64.1 Å². The van der Waals surface area contributed by atoms with Crippen molar-refractivity contribution in [3.05, 3.63) is 68.7 Å². The summed E-state index contributed by atoms with van der Waals surface area (Å²) < 4.78 is 80.2. The maximum absolute atomic E-state index is 13.6. The van der Waals surface area contributed by atoms with Gasteiger partial charge in [-0.05, 0) is 53.3 Å². The Morgan fingerprint density at radius 3 is 1.93 bits per heavy atom. The molecule has 1 saturated heterocycles. The van der Waals surface area contributed by atoms with E-state index in [4.69, 9.17) is 23.2 Å². The van der Waals surface area contributed by atoms with E-state index < -0.39 is 65.6 Å². The molecule has 2 aromatic rings. The minimum absolute atomic E-state index is 0.0299. The van der Waals surface area contributed by atoms with Crippen LogP contribution in [0.4, 0.5) is 35.9 Å². The lowest BCUT2D eigenvalue weighted by Crippen LogP contribution is -2.61. The van der Waals surface area contributed by atoms with E-state index >= 15 is 0 Å². The Morgan fingerprint density at radius 1 is 0.929 bits per heavy atom. The van der Waals surface area contributed by atoms with Gasteiger partial charge in [-0.15, -0.1) is 0 Å². The van der Waals surface area contributed by atoms with Crippen LogP contribution < -0.4 is 0 Å². The molecule has 0 saturated carbocycles. The van der Waals surface area contributed by atoms with Crippen molar-refractivity contribution in [2.24, 2.45) is 5.41 Å². The van der Waals surface area contributed by atoms with Gasteiger partial charge in [-0.25, -0.2) is 9.59 Å². The summed E-state index contributed by atoms with van der Waals surface area (Å²) in [7, 11) is 2.74. The van der Waals surface area contributed by atoms with Gasteiger partial charge >= 0.3 is 24.5 Å². The maximum Gasteiger partial charge on any atom is 0.416 e. The summed E-state index contributed by atoms with van der Waals surface area (Å²) in [5, 5.41) is 10.5. The molecule has 14 heteroatoms. The second-order valence-electron chi connectivity index (χ2n) is 11.5. The topological polar surface area (TPSA) is 64.1 Å². The molecule has 1 N–H and O–H groups in total. The lowest BCUT2D eigenvalue weighted by atomic mass is 9.69. The number of hydrogen-bond donors (Lipinski definition) is 1. The first kappa shape index (κ1) is 33.6. The zero-order valence-corrected chi connectivity index (χ0v) is 25.0. The summed E-state index contributed by atoms with van der Waals surface area (Å²) in [5.74, 6) is -0.600. The number of rotatable bonds is 4. The molecule has 1 unspecified atom stereocenters. The molecule has 3 atom stereocenters. The van der Waals surface area contributed by atoms with Gasteiger partial charge in [-0.1, -0.05) is 50.0 Å². The van der Waals surface area contributed by atoms with Gasteiger partial charge in [0.1, 0.15) is 0 Å².